The first kappa shape index (κ1) is 18.8. The molecule has 0 aliphatic heterocycles. The van der Waals surface area contributed by atoms with Crippen LogP contribution in [0.1, 0.15) is 24.1 Å². The highest BCUT2D eigenvalue weighted by molar-refractivity contribution is 5.79. The van der Waals surface area contributed by atoms with Crippen molar-refractivity contribution in [2.75, 3.05) is 20.8 Å². The summed E-state index contributed by atoms with van der Waals surface area (Å²) in [6.07, 6.45) is 0.708. The number of nitrogens with one attached hydrogen (secondary N) is 1. The molecule has 5 heteroatoms. The Kier molecular flexibility index (Phi) is 6.83. The molecular weight excluding hydrogens is 316 g/mol. The number of carbonyl (C=O) groups excluding carboxylic acids is 1. The molecule has 0 radical (unpaired) electrons. The fourth-order valence-electron chi connectivity index (χ4n) is 2.65. The van der Waals surface area contributed by atoms with E-state index in [1.165, 1.54) is 0 Å². The summed E-state index contributed by atoms with van der Waals surface area (Å²) in [5.41, 5.74) is 8.23. The molecule has 2 atom stereocenters. The van der Waals surface area contributed by atoms with E-state index in [1.54, 1.807) is 14.2 Å². The van der Waals surface area contributed by atoms with Crippen molar-refractivity contribution >= 4 is 5.91 Å². The van der Waals surface area contributed by atoms with E-state index in [1.807, 2.05) is 55.5 Å². The molecule has 0 bridgehead atoms. The van der Waals surface area contributed by atoms with Crippen LogP contribution in [-0.4, -0.2) is 26.7 Å². The maximum Gasteiger partial charge on any atom is 0.224 e. The smallest absolute Gasteiger partial charge is 0.224 e. The lowest BCUT2D eigenvalue weighted by atomic mass is 9.94. The summed E-state index contributed by atoms with van der Waals surface area (Å²) < 4.78 is 10.5. The van der Waals surface area contributed by atoms with Gasteiger partial charge in [-0.2, -0.15) is 0 Å². The molecule has 3 N–H and O–H groups in total. The first-order valence-corrected chi connectivity index (χ1v) is 8.36. The van der Waals surface area contributed by atoms with Crippen LogP contribution in [0.2, 0.25) is 0 Å². The Hall–Kier alpha value is -2.53. The summed E-state index contributed by atoms with van der Waals surface area (Å²) in [5.74, 6) is 1.04. The zero-order valence-corrected chi connectivity index (χ0v) is 15.0. The fraction of sp³-hybridized carbons (Fsp3) is 0.350. The van der Waals surface area contributed by atoms with Gasteiger partial charge in [-0.3, -0.25) is 4.79 Å². The molecule has 2 aromatic carbocycles. The van der Waals surface area contributed by atoms with E-state index in [2.05, 4.69) is 5.32 Å². The van der Waals surface area contributed by atoms with Gasteiger partial charge in [0.25, 0.3) is 0 Å². The molecule has 0 fully saturated rings. The van der Waals surface area contributed by atoms with Gasteiger partial charge in [0.1, 0.15) is 0 Å². The Morgan fingerprint density at radius 3 is 2.40 bits per heavy atom. The number of amides is 1. The molecule has 0 heterocycles. The topological polar surface area (TPSA) is 73.6 Å². The summed E-state index contributed by atoms with van der Waals surface area (Å²) in [4.78, 5) is 12.3. The Balaban J connectivity index is 1.87. The van der Waals surface area contributed by atoms with Crippen LogP contribution in [-0.2, 0) is 11.2 Å². The van der Waals surface area contributed by atoms with Crippen LogP contribution in [0.3, 0.4) is 0 Å². The highest BCUT2D eigenvalue weighted by Gasteiger charge is 2.21. The van der Waals surface area contributed by atoms with Crippen LogP contribution < -0.4 is 20.5 Å². The standard InChI is InChI=1S/C20H26N2O3/c1-14(19(21)16-7-5-4-6-8-16)20(23)22-12-11-15-9-10-17(24-2)18(13-15)25-3/h4-10,13-14,19H,11-12,21H2,1-3H3,(H,22,23). The van der Waals surface area contributed by atoms with E-state index in [9.17, 15) is 4.79 Å². The second kappa shape index (κ2) is 9.08. The van der Waals surface area contributed by atoms with Crippen molar-refractivity contribution in [1.82, 2.24) is 5.32 Å². The molecule has 134 valence electrons. The van der Waals surface area contributed by atoms with Crippen LogP contribution in [0.15, 0.2) is 48.5 Å². The van der Waals surface area contributed by atoms with E-state index in [0.29, 0.717) is 24.5 Å². The van der Waals surface area contributed by atoms with Crippen LogP contribution in [0, 0.1) is 5.92 Å². The summed E-state index contributed by atoms with van der Waals surface area (Å²) in [7, 11) is 3.21. The van der Waals surface area contributed by atoms with Gasteiger partial charge in [0.05, 0.1) is 20.1 Å². The van der Waals surface area contributed by atoms with Gasteiger partial charge in [-0.15, -0.1) is 0 Å². The van der Waals surface area contributed by atoms with Gasteiger partial charge in [-0.05, 0) is 29.7 Å². The monoisotopic (exact) mass is 342 g/mol. The van der Waals surface area contributed by atoms with E-state index < -0.39 is 0 Å². The zero-order valence-electron chi connectivity index (χ0n) is 15.0. The lowest BCUT2D eigenvalue weighted by Crippen LogP contribution is -2.36. The average Bonchev–Trinajstić information content (AvgIpc) is 2.67. The number of methoxy groups -OCH3 is 2. The molecule has 0 saturated carbocycles. The number of ether oxygens (including phenoxy) is 2. The van der Waals surface area contributed by atoms with E-state index >= 15 is 0 Å². The molecule has 1 amide bonds. The zero-order chi connectivity index (χ0) is 18.2. The van der Waals surface area contributed by atoms with Crippen molar-refractivity contribution in [3.8, 4) is 11.5 Å². The minimum atomic E-state index is -0.317. The van der Waals surface area contributed by atoms with Gasteiger partial charge in [-0.1, -0.05) is 43.3 Å². The molecule has 2 rings (SSSR count). The lowest BCUT2D eigenvalue weighted by molar-refractivity contribution is -0.125. The Morgan fingerprint density at radius 1 is 1.08 bits per heavy atom. The largest absolute Gasteiger partial charge is 0.493 e. The number of carbonyl (C=O) groups is 1. The minimum absolute atomic E-state index is 0.0446. The normalized spacial score (nSPS) is 13.0. The molecule has 0 aliphatic carbocycles. The Morgan fingerprint density at radius 2 is 1.76 bits per heavy atom. The maximum absolute atomic E-state index is 12.3. The van der Waals surface area contributed by atoms with Gasteiger partial charge in [0, 0.05) is 12.6 Å². The molecule has 25 heavy (non-hydrogen) atoms. The molecule has 5 nitrogen and oxygen atoms in total. The van der Waals surface area contributed by atoms with Crippen LogP contribution in [0.25, 0.3) is 0 Å². The fourth-order valence-corrected chi connectivity index (χ4v) is 2.65. The van der Waals surface area contributed by atoms with Crippen molar-refractivity contribution < 1.29 is 14.3 Å². The van der Waals surface area contributed by atoms with Crippen molar-refractivity contribution in [1.29, 1.82) is 0 Å². The van der Waals surface area contributed by atoms with E-state index in [0.717, 1.165) is 11.1 Å². The first-order chi connectivity index (χ1) is 12.1. The predicted octanol–water partition coefficient (Wildman–Crippen LogP) is 2.70. The van der Waals surface area contributed by atoms with Gasteiger partial charge in [0.15, 0.2) is 11.5 Å². The Bertz CT molecular complexity index is 689. The third-order valence-corrected chi connectivity index (χ3v) is 4.30. The molecule has 0 saturated heterocycles. The highest BCUT2D eigenvalue weighted by Crippen LogP contribution is 2.27. The van der Waals surface area contributed by atoms with Gasteiger partial charge < -0.3 is 20.5 Å². The van der Waals surface area contributed by atoms with Crippen LogP contribution >= 0.6 is 0 Å². The third-order valence-electron chi connectivity index (χ3n) is 4.30. The Labute approximate surface area is 149 Å². The molecule has 2 unspecified atom stereocenters. The molecule has 0 aromatic heterocycles. The second-order valence-corrected chi connectivity index (χ2v) is 5.96. The second-order valence-electron chi connectivity index (χ2n) is 5.96. The van der Waals surface area contributed by atoms with E-state index in [-0.39, 0.29) is 17.9 Å². The van der Waals surface area contributed by atoms with Crippen molar-refractivity contribution in [3.63, 3.8) is 0 Å². The first-order valence-electron chi connectivity index (χ1n) is 8.36. The predicted molar refractivity (Wildman–Crippen MR) is 98.8 cm³/mol. The summed E-state index contributed by atoms with van der Waals surface area (Å²) in [6.45, 7) is 2.39. The molecular formula is C20H26N2O3. The summed E-state index contributed by atoms with van der Waals surface area (Å²) in [5, 5.41) is 2.96. The number of hydrogen-bond acceptors (Lipinski definition) is 4. The summed E-state index contributed by atoms with van der Waals surface area (Å²) >= 11 is 0. The molecule has 0 spiro atoms. The molecule has 0 aliphatic rings. The van der Waals surface area contributed by atoms with Crippen LogP contribution in [0.4, 0.5) is 0 Å². The van der Waals surface area contributed by atoms with Gasteiger partial charge >= 0.3 is 0 Å². The SMILES string of the molecule is COc1ccc(CCNC(=O)C(C)C(N)c2ccccc2)cc1OC. The quantitative estimate of drug-likeness (QED) is 0.773. The van der Waals surface area contributed by atoms with Gasteiger partial charge in [0.2, 0.25) is 5.91 Å². The summed E-state index contributed by atoms with van der Waals surface area (Å²) in [6, 6.07) is 15.1. The minimum Gasteiger partial charge on any atom is -0.493 e. The number of hydrogen-bond donors (Lipinski definition) is 2. The van der Waals surface area contributed by atoms with Crippen LogP contribution in [0.5, 0.6) is 11.5 Å². The third kappa shape index (κ3) is 4.97. The molecule has 2 aromatic rings. The van der Waals surface area contributed by atoms with Crippen molar-refractivity contribution in [2.24, 2.45) is 11.7 Å². The maximum atomic E-state index is 12.3. The number of nitrogens with two attached hydrogens (primary N) is 1. The van der Waals surface area contributed by atoms with Gasteiger partial charge in [-0.25, -0.2) is 0 Å². The highest BCUT2D eigenvalue weighted by atomic mass is 16.5. The van der Waals surface area contributed by atoms with E-state index in [4.69, 9.17) is 15.2 Å². The number of benzene rings is 2. The van der Waals surface area contributed by atoms with Crippen molar-refractivity contribution in [2.45, 2.75) is 19.4 Å². The average molecular weight is 342 g/mol. The van der Waals surface area contributed by atoms with Crippen molar-refractivity contribution in [3.05, 3.63) is 59.7 Å². The lowest BCUT2D eigenvalue weighted by Gasteiger charge is -2.20. The number of rotatable bonds is 8.